The first-order chi connectivity index (χ1) is 10.7. The third kappa shape index (κ3) is 1.67. The van der Waals surface area contributed by atoms with Gasteiger partial charge >= 0.3 is 0 Å². The molecule has 1 heterocycles. The van der Waals surface area contributed by atoms with Crippen LogP contribution < -0.4 is 0 Å². The molecule has 0 radical (unpaired) electrons. The third-order valence-electron chi connectivity index (χ3n) is 3.80. The molecule has 4 heteroatoms. The Labute approximate surface area is 125 Å². The average Bonchev–Trinajstić information content (AvgIpc) is 2.99. The number of carbonyl (C=O) groups excluding carboxylic acids is 2. The molecule has 2 aromatic carbocycles. The standard InChI is InChI=1S/C18H9FO3/c19-11-7-5-10(6-8-11)14-9-22-18-15(14)16(20)12-3-1-2-4-13(12)17(18)21/h1-9H. The number of halogens is 1. The molecule has 0 bridgehead atoms. The van der Waals surface area contributed by atoms with Crippen LogP contribution in [0, 0.1) is 5.82 Å². The van der Waals surface area contributed by atoms with E-state index in [9.17, 15) is 14.0 Å². The van der Waals surface area contributed by atoms with Crippen LogP contribution in [0.3, 0.4) is 0 Å². The molecule has 0 saturated carbocycles. The van der Waals surface area contributed by atoms with E-state index >= 15 is 0 Å². The molecule has 1 aliphatic carbocycles. The van der Waals surface area contributed by atoms with Gasteiger partial charge in [-0.3, -0.25) is 9.59 Å². The summed E-state index contributed by atoms with van der Waals surface area (Å²) in [5, 5.41) is 0. The van der Waals surface area contributed by atoms with Gasteiger partial charge in [-0.25, -0.2) is 4.39 Å². The van der Waals surface area contributed by atoms with E-state index in [1.807, 2.05) is 0 Å². The number of fused-ring (bicyclic) bond motifs is 2. The van der Waals surface area contributed by atoms with Crippen molar-refractivity contribution < 1.29 is 18.4 Å². The van der Waals surface area contributed by atoms with Crippen LogP contribution in [0.4, 0.5) is 4.39 Å². The summed E-state index contributed by atoms with van der Waals surface area (Å²) >= 11 is 0. The lowest BCUT2D eigenvalue weighted by Gasteiger charge is -2.13. The average molecular weight is 292 g/mol. The van der Waals surface area contributed by atoms with Crippen LogP contribution in [0.15, 0.2) is 59.2 Å². The van der Waals surface area contributed by atoms with Crippen molar-refractivity contribution in [3.05, 3.63) is 83.1 Å². The van der Waals surface area contributed by atoms with Crippen LogP contribution in [0.2, 0.25) is 0 Å². The van der Waals surface area contributed by atoms with Gasteiger partial charge in [-0.05, 0) is 17.7 Å². The molecule has 106 valence electrons. The fraction of sp³-hybridized carbons (Fsp3) is 0. The van der Waals surface area contributed by atoms with Crippen LogP contribution in [-0.4, -0.2) is 11.6 Å². The Morgan fingerprint density at radius 2 is 1.41 bits per heavy atom. The zero-order valence-electron chi connectivity index (χ0n) is 11.3. The van der Waals surface area contributed by atoms with Gasteiger partial charge in [0.05, 0.1) is 11.8 Å². The molecule has 0 unspecified atom stereocenters. The van der Waals surface area contributed by atoms with E-state index in [-0.39, 0.29) is 28.7 Å². The Balaban J connectivity index is 1.94. The Kier molecular flexibility index (Phi) is 2.60. The Bertz CT molecular complexity index is 920. The van der Waals surface area contributed by atoms with E-state index in [0.29, 0.717) is 22.3 Å². The van der Waals surface area contributed by atoms with Crippen molar-refractivity contribution in [1.82, 2.24) is 0 Å². The molecule has 22 heavy (non-hydrogen) atoms. The summed E-state index contributed by atoms with van der Waals surface area (Å²) in [5.41, 5.74) is 2.09. The van der Waals surface area contributed by atoms with Crippen LogP contribution >= 0.6 is 0 Å². The van der Waals surface area contributed by atoms with Gasteiger partial charge in [0.2, 0.25) is 5.78 Å². The first kappa shape index (κ1) is 12.7. The molecule has 0 spiro atoms. The predicted molar refractivity (Wildman–Crippen MR) is 77.4 cm³/mol. The second-order valence-electron chi connectivity index (χ2n) is 5.06. The third-order valence-corrected chi connectivity index (χ3v) is 3.80. The minimum atomic E-state index is -0.367. The molecule has 0 fully saturated rings. The van der Waals surface area contributed by atoms with E-state index in [0.717, 1.165) is 0 Å². The smallest absolute Gasteiger partial charge is 0.229 e. The molecule has 3 nitrogen and oxygen atoms in total. The van der Waals surface area contributed by atoms with Gasteiger partial charge in [0.15, 0.2) is 11.5 Å². The normalized spacial score (nSPS) is 13.0. The molecule has 0 atom stereocenters. The molecule has 4 rings (SSSR count). The molecular formula is C18H9FO3. The van der Waals surface area contributed by atoms with Crippen molar-refractivity contribution in [3.8, 4) is 11.1 Å². The number of rotatable bonds is 1. The van der Waals surface area contributed by atoms with Gasteiger partial charge < -0.3 is 4.42 Å². The molecule has 0 amide bonds. The summed E-state index contributed by atoms with van der Waals surface area (Å²) in [6, 6.07) is 12.4. The number of hydrogen-bond donors (Lipinski definition) is 0. The van der Waals surface area contributed by atoms with Gasteiger partial charge in [0.1, 0.15) is 5.82 Å². The van der Waals surface area contributed by atoms with Gasteiger partial charge in [-0.2, -0.15) is 0 Å². The second kappa shape index (κ2) is 4.49. The summed E-state index contributed by atoms with van der Waals surface area (Å²) in [6.45, 7) is 0. The molecule has 1 aliphatic rings. The summed E-state index contributed by atoms with van der Waals surface area (Å²) in [5.74, 6) is -0.881. The van der Waals surface area contributed by atoms with Crippen molar-refractivity contribution in [1.29, 1.82) is 0 Å². The molecule has 1 aromatic heterocycles. The Hall–Kier alpha value is -3.01. The molecular weight excluding hydrogens is 283 g/mol. The second-order valence-corrected chi connectivity index (χ2v) is 5.06. The Morgan fingerprint density at radius 3 is 2.09 bits per heavy atom. The lowest BCUT2D eigenvalue weighted by atomic mass is 9.85. The van der Waals surface area contributed by atoms with E-state index in [1.165, 1.54) is 18.4 Å². The highest BCUT2D eigenvalue weighted by Gasteiger charge is 2.35. The van der Waals surface area contributed by atoms with Crippen LogP contribution in [0.1, 0.15) is 32.0 Å². The highest BCUT2D eigenvalue weighted by Crippen LogP contribution is 2.35. The van der Waals surface area contributed by atoms with Crippen LogP contribution in [0.5, 0.6) is 0 Å². The van der Waals surface area contributed by atoms with Gasteiger partial charge in [-0.15, -0.1) is 0 Å². The number of hydrogen-bond acceptors (Lipinski definition) is 3. The molecule has 0 aliphatic heterocycles. The number of ketones is 2. The monoisotopic (exact) mass is 292 g/mol. The highest BCUT2D eigenvalue weighted by molar-refractivity contribution is 6.29. The topological polar surface area (TPSA) is 47.3 Å². The maximum atomic E-state index is 13.1. The fourth-order valence-electron chi connectivity index (χ4n) is 2.73. The van der Waals surface area contributed by atoms with Gasteiger partial charge in [0, 0.05) is 16.7 Å². The van der Waals surface area contributed by atoms with Gasteiger partial charge in [0.25, 0.3) is 0 Å². The minimum absolute atomic E-state index is 0.0445. The summed E-state index contributed by atoms with van der Waals surface area (Å²) < 4.78 is 18.4. The lowest BCUT2D eigenvalue weighted by molar-refractivity contribution is 0.0960. The lowest BCUT2D eigenvalue weighted by Crippen LogP contribution is -2.19. The highest BCUT2D eigenvalue weighted by atomic mass is 19.1. The maximum Gasteiger partial charge on any atom is 0.229 e. The number of carbonyl (C=O) groups is 2. The summed E-state index contributed by atoms with van der Waals surface area (Å²) in [7, 11) is 0. The molecule has 0 saturated heterocycles. The maximum absolute atomic E-state index is 13.1. The van der Waals surface area contributed by atoms with E-state index < -0.39 is 0 Å². The zero-order chi connectivity index (χ0) is 15.3. The van der Waals surface area contributed by atoms with E-state index in [1.54, 1.807) is 36.4 Å². The van der Waals surface area contributed by atoms with Gasteiger partial charge in [-0.1, -0.05) is 36.4 Å². The molecule has 3 aromatic rings. The SMILES string of the molecule is O=C1c2ccccc2C(=O)c2c(-c3ccc(F)cc3)coc21. The summed E-state index contributed by atoms with van der Waals surface area (Å²) in [6.07, 6.45) is 1.37. The quantitative estimate of drug-likeness (QED) is 0.535. The minimum Gasteiger partial charge on any atom is -0.459 e. The first-order valence-electron chi connectivity index (χ1n) is 6.72. The molecule has 0 N–H and O–H groups in total. The number of furan rings is 1. The van der Waals surface area contributed by atoms with Crippen LogP contribution in [0.25, 0.3) is 11.1 Å². The zero-order valence-corrected chi connectivity index (χ0v) is 11.3. The van der Waals surface area contributed by atoms with E-state index in [2.05, 4.69) is 0 Å². The first-order valence-corrected chi connectivity index (χ1v) is 6.72. The van der Waals surface area contributed by atoms with Crippen LogP contribution in [-0.2, 0) is 0 Å². The van der Waals surface area contributed by atoms with Crippen molar-refractivity contribution in [3.63, 3.8) is 0 Å². The van der Waals surface area contributed by atoms with E-state index in [4.69, 9.17) is 4.42 Å². The fourth-order valence-corrected chi connectivity index (χ4v) is 2.73. The Morgan fingerprint density at radius 1 is 0.773 bits per heavy atom. The predicted octanol–water partition coefficient (Wildman–Crippen LogP) is 3.86. The van der Waals surface area contributed by atoms with Crippen molar-refractivity contribution in [2.24, 2.45) is 0 Å². The summed E-state index contributed by atoms with van der Waals surface area (Å²) in [4.78, 5) is 25.1. The van der Waals surface area contributed by atoms with Crippen molar-refractivity contribution >= 4 is 11.6 Å². The largest absolute Gasteiger partial charge is 0.459 e. The van der Waals surface area contributed by atoms with Crippen molar-refractivity contribution in [2.45, 2.75) is 0 Å². The number of benzene rings is 2. The van der Waals surface area contributed by atoms with Crippen molar-refractivity contribution in [2.75, 3.05) is 0 Å².